The molecule has 0 fully saturated rings. The fourth-order valence-electron chi connectivity index (χ4n) is 1.93. The summed E-state index contributed by atoms with van der Waals surface area (Å²) in [4.78, 5) is 4.35. The van der Waals surface area contributed by atoms with Crippen LogP contribution in [0.1, 0.15) is 11.4 Å². The Labute approximate surface area is 124 Å². The number of nitrogens with zero attached hydrogens (tertiary/aromatic N) is 5. The standard InChI is InChI=1S/C14H13N5OS/c1-11-6-5-7-12(15-11)10-21(20)14-16-17-18-19(14)13-8-3-2-4-9-13/h2-9H,10H2,1H3. The molecule has 0 N–H and O–H groups in total. The maximum absolute atomic E-state index is 12.5. The molecule has 6 nitrogen and oxygen atoms in total. The molecule has 1 unspecified atom stereocenters. The van der Waals surface area contributed by atoms with Crippen molar-refractivity contribution in [3.05, 3.63) is 59.9 Å². The topological polar surface area (TPSA) is 73.6 Å². The number of benzene rings is 1. The van der Waals surface area contributed by atoms with Crippen molar-refractivity contribution < 1.29 is 4.21 Å². The van der Waals surface area contributed by atoms with Gasteiger partial charge in [0.05, 0.1) is 27.9 Å². The van der Waals surface area contributed by atoms with Crippen molar-refractivity contribution in [3.63, 3.8) is 0 Å². The number of hydrogen-bond acceptors (Lipinski definition) is 5. The fraction of sp³-hybridized carbons (Fsp3) is 0.143. The van der Waals surface area contributed by atoms with Crippen LogP contribution in [0.4, 0.5) is 0 Å². The normalized spacial score (nSPS) is 12.2. The van der Waals surface area contributed by atoms with E-state index in [1.54, 1.807) is 0 Å². The molecule has 1 atom stereocenters. The van der Waals surface area contributed by atoms with Crippen molar-refractivity contribution in [3.8, 4) is 5.69 Å². The molecule has 0 saturated heterocycles. The van der Waals surface area contributed by atoms with E-state index in [1.807, 2.05) is 55.5 Å². The van der Waals surface area contributed by atoms with Gasteiger partial charge < -0.3 is 0 Å². The van der Waals surface area contributed by atoms with Gasteiger partial charge in [-0.2, -0.15) is 4.68 Å². The maximum atomic E-state index is 12.5. The third-order valence-corrected chi connectivity index (χ3v) is 4.09. The van der Waals surface area contributed by atoms with Crippen molar-refractivity contribution in [2.45, 2.75) is 17.8 Å². The highest BCUT2D eigenvalue weighted by molar-refractivity contribution is 7.84. The fourth-order valence-corrected chi connectivity index (χ4v) is 2.95. The summed E-state index contributed by atoms with van der Waals surface area (Å²) < 4.78 is 14.0. The number of pyridine rings is 1. The predicted octanol–water partition coefficient (Wildman–Crippen LogP) is 1.67. The molecule has 0 spiro atoms. The Kier molecular flexibility index (Phi) is 3.83. The molecular weight excluding hydrogens is 286 g/mol. The van der Waals surface area contributed by atoms with Crippen LogP contribution >= 0.6 is 0 Å². The van der Waals surface area contributed by atoms with Crippen molar-refractivity contribution in [2.75, 3.05) is 0 Å². The highest BCUT2D eigenvalue weighted by Crippen LogP contribution is 2.13. The molecular formula is C14H13N5OS. The molecule has 0 saturated carbocycles. The molecule has 0 aliphatic carbocycles. The number of tetrazole rings is 1. The van der Waals surface area contributed by atoms with Gasteiger partial charge in [-0.15, -0.1) is 0 Å². The lowest BCUT2D eigenvalue weighted by Gasteiger charge is -2.04. The SMILES string of the molecule is Cc1cccc(CS(=O)c2nnnn2-c2ccccc2)n1. The zero-order valence-corrected chi connectivity index (χ0v) is 12.2. The first-order valence-corrected chi connectivity index (χ1v) is 7.70. The summed E-state index contributed by atoms with van der Waals surface area (Å²) in [6.45, 7) is 1.90. The molecule has 21 heavy (non-hydrogen) atoms. The van der Waals surface area contributed by atoms with E-state index in [-0.39, 0.29) is 5.75 Å². The van der Waals surface area contributed by atoms with Gasteiger partial charge in [0.2, 0.25) is 5.16 Å². The largest absolute Gasteiger partial charge is 0.257 e. The van der Waals surface area contributed by atoms with E-state index in [0.29, 0.717) is 5.16 Å². The van der Waals surface area contributed by atoms with Crippen LogP contribution in [0.15, 0.2) is 53.7 Å². The minimum Gasteiger partial charge on any atom is -0.257 e. The summed E-state index contributed by atoms with van der Waals surface area (Å²) in [5.41, 5.74) is 2.44. The molecule has 0 radical (unpaired) electrons. The van der Waals surface area contributed by atoms with Gasteiger partial charge in [-0.3, -0.25) is 9.19 Å². The van der Waals surface area contributed by atoms with Gasteiger partial charge in [-0.05, 0) is 41.6 Å². The number of rotatable bonds is 4. The molecule has 0 bridgehead atoms. The van der Waals surface area contributed by atoms with E-state index in [4.69, 9.17) is 0 Å². The minimum absolute atomic E-state index is 0.287. The van der Waals surface area contributed by atoms with Gasteiger partial charge in [0.1, 0.15) is 0 Å². The van der Waals surface area contributed by atoms with E-state index in [1.165, 1.54) is 4.68 Å². The van der Waals surface area contributed by atoms with Crippen molar-refractivity contribution >= 4 is 10.8 Å². The molecule has 2 aromatic heterocycles. The Morgan fingerprint density at radius 2 is 1.90 bits per heavy atom. The van der Waals surface area contributed by atoms with Crippen LogP contribution in [0.5, 0.6) is 0 Å². The number of aromatic nitrogens is 5. The Hall–Kier alpha value is -2.41. The molecule has 1 aromatic carbocycles. The highest BCUT2D eigenvalue weighted by atomic mass is 32.2. The van der Waals surface area contributed by atoms with E-state index < -0.39 is 10.8 Å². The third-order valence-electron chi connectivity index (χ3n) is 2.87. The van der Waals surface area contributed by atoms with E-state index in [2.05, 4.69) is 20.5 Å². The number of aryl methyl sites for hydroxylation is 1. The Morgan fingerprint density at radius 1 is 1.10 bits per heavy atom. The first-order chi connectivity index (χ1) is 10.2. The van der Waals surface area contributed by atoms with Crippen LogP contribution < -0.4 is 0 Å². The Morgan fingerprint density at radius 3 is 2.67 bits per heavy atom. The van der Waals surface area contributed by atoms with Crippen LogP contribution in [0.25, 0.3) is 5.69 Å². The summed E-state index contributed by atoms with van der Waals surface area (Å²) in [6.07, 6.45) is 0. The highest BCUT2D eigenvalue weighted by Gasteiger charge is 2.16. The lowest BCUT2D eigenvalue weighted by atomic mass is 10.3. The first kappa shape index (κ1) is 13.6. The summed E-state index contributed by atoms with van der Waals surface area (Å²) in [6, 6.07) is 15.0. The molecule has 3 aromatic rings. The lowest BCUT2D eigenvalue weighted by Crippen LogP contribution is -2.08. The van der Waals surface area contributed by atoms with Gasteiger partial charge >= 0.3 is 0 Å². The van der Waals surface area contributed by atoms with Crippen LogP contribution in [0, 0.1) is 6.92 Å². The van der Waals surface area contributed by atoms with Crippen LogP contribution in [-0.2, 0) is 16.6 Å². The third kappa shape index (κ3) is 3.03. The van der Waals surface area contributed by atoms with Gasteiger partial charge in [0.25, 0.3) is 0 Å². The number of hydrogen-bond donors (Lipinski definition) is 0. The Balaban J connectivity index is 1.88. The zero-order valence-electron chi connectivity index (χ0n) is 11.4. The summed E-state index contributed by atoms with van der Waals surface area (Å²) in [7, 11) is -1.36. The van der Waals surface area contributed by atoms with Gasteiger partial charge in [0.15, 0.2) is 0 Å². The first-order valence-electron chi connectivity index (χ1n) is 6.39. The second kappa shape index (κ2) is 5.92. The second-order valence-corrected chi connectivity index (χ2v) is 5.81. The van der Waals surface area contributed by atoms with Gasteiger partial charge in [0, 0.05) is 5.69 Å². The average Bonchev–Trinajstić information content (AvgIpc) is 2.98. The Bertz CT molecular complexity index is 772. The van der Waals surface area contributed by atoms with Gasteiger partial charge in [-0.1, -0.05) is 29.4 Å². The van der Waals surface area contributed by atoms with Crippen molar-refractivity contribution in [1.82, 2.24) is 25.2 Å². The predicted molar refractivity (Wildman–Crippen MR) is 78.2 cm³/mol. The summed E-state index contributed by atoms with van der Waals surface area (Å²) in [5.74, 6) is 0.287. The summed E-state index contributed by atoms with van der Waals surface area (Å²) >= 11 is 0. The maximum Gasteiger partial charge on any atom is 0.244 e. The molecule has 7 heteroatoms. The monoisotopic (exact) mass is 299 g/mol. The minimum atomic E-state index is -1.36. The molecule has 0 aliphatic heterocycles. The van der Waals surface area contributed by atoms with E-state index in [9.17, 15) is 4.21 Å². The van der Waals surface area contributed by atoms with E-state index >= 15 is 0 Å². The average molecular weight is 299 g/mol. The molecule has 0 aliphatic rings. The van der Waals surface area contributed by atoms with Crippen LogP contribution in [0.3, 0.4) is 0 Å². The van der Waals surface area contributed by atoms with Crippen LogP contribution in [0.2, 0.25) is 0 Å². The van der Waals surface area contributed by atoms with Gasteiger partial charge in [-0.25, -0.2) is 0 Å². The molecule has 3 rings (SSSR count). The molecule has 2 heterocycles. The smallest absolute Gasteiger partial charge is 0.244 e. The summed E-state index contributed by atoms with van der Waals surface area (Å²) in [5, 5.41) is 11.7. The van der Waals surface area contributed by atoms with Crippen molar-refractivity contribution in [1.29, 1.82) is 0 Å². The zero-order chi connectivity index (χ0) is 14.7. The van der Waals surface area contributed by atoms with Crippen LogP contribution in [-0.4, -0.2) is 29.4 Å². The number of para-hydroxylation sites is 1. The second-order valence-electron chi connectivity index (χ2n) is 4.47. The molecule has 0 amide bonds. The molecule has 106 valence electrons. The van der Waals surface area contributed by atoms with E-state index in [0.717, 1.165) is 17.1 Å². The van der Waals surface area contributed by atoms with Crippen molar-refractivity contribution in [2.24, 2.45) is 0 Å². The quantitative estimate of drug-likeness (QED) is 0.732. The lowest BCUT2D eigenvalue weighted by molar-refractivity contribution is 0.665.